The van der Waals surface area contributed by atoms with Crippen molar-refractivity contribution in [3.05, 3.63) is 29.3 Å². The van der Waals surface area contributed by atoms with Gasteiger partial charge in [0, 0.05) is 18.8 Å². The number of rotatable bonds is 4. The van der Waals surface area contributed by atoms with Gasteiger partial charge in [-0.25, -0.2) is 4.79 Å². The predicted molar refractivity (Wildman–Crippen MR) is 73.6 cm³/mol. The molecule has 4 nitrogen and oxygen atoms in total. The summed E-state index contributed by atoms with van der Waals surface area (Å²) in [5.41, 5.74) is 7.21. The first-order valence-electron chi connectivity index (χ1n) is 6.00. The Labute approximate surface area is 108 Å². The molecule has 0 aliphatic rings. The molecule has 0 fully saturated rings. The largest absolute Gasteiger partial charge is 0.478 e. The van der Waals surface area contributed by atoms with Crippen molar-refractivity contribution in [2.75, 3.05) is 19.3 Å². The van der Waals surface area contributed by atoms with E-state index in [0.29, 0.717) is 12.2 Å². The van der Waals surface area contributed by atoms with E-state index in [9.17, 15) is 9.90 Å². The SMILES string of the molecule is CN(Cc1cccc(N)c1C(=O)O)CC(C)(C)C. The summed E-state index contributed by atoms with van der Waals surface area (Å²) in [6.07, 6.45) is 0. The standard InChI is InChI=1S/C14H22N2O2/c1-14(2,3)9-16(4)8-10-6-5-7-11(15)12(10)13(17)18/h5-7H,8-9,15H2,1-4H3,(H,17,18). The van der Waals surface area contributed by atoms with E-state index >= 15 is 0 Å². The number of nitrogen functional groups attached to an aromatic ring is 1. The molecule has 100 valence electrons. The fourth-order valence-corrected chi connectivity index (χ4v) is 2.17. The van der Waals surface area contributed by atoms with Crippen LogP contribution < -0.4 is 5.73 Å². The van der Waals surface area contributed by atoms with E-state index in [-0.39, 0.29) is 11.0 Å². The fraction of sp³-hybridized carbons (Fsp3) is 0.500. The molecule has 0 radical (unpaired) electrons. The maximum absolute atomic E-state index is 11.2. The molecule has 18 heavy (non-hydrogen) atoms. The minimum absolute atomic E-state index is 0.179. The number of nitrogens with zero attached hydrogens (tertiary/aromatic N) is 1. The van der Waals surface area contributed by atoms with Crippen LogP contribution in [0.25, 0.3) is 0 Å². The second-order valence-electron chi connectivity index (χ2n) is 5.92. The van der Waals surface area contributed by atoms with Crippen molar-refractivity contribution in [1.82, 2.24) is 4.90 Å². The van der Waals surface area contributed by atoms with E-state index in [4.69, 9.17) is 5.73 Å². The van der Waals surface area contributed by atoms with Crippen molar-refractivity contribution in [2.24, 2.45) is 5.41 Å². The van der Waals surface area contributed by atoms with Gasteiger partial charge in [0.2, 0.25) is 0 Å². The third-order valence-corrected chi connectivity index (χ3v) is 2.58. The van der Waals surface area contributed by atoms with Crippen LogP contribution in [-0.4, -0.2) is 29.6 Å². The van der Waals surface area contributed by atoms with Gasteiger partial charge in [0.1, 0.15) is 0 Å². The minimum Gasteiger partial charge on any atom is -0.478 e. The van der Waals surface area contributed by atoms with Gasteiger partial charge < -0.3 is 15.7 Å². The highest BCUT2D eigenvalue weighted by Gasteiger charge is 2.18. The number of hydrogen-bond donors (Lipinski definition) is 2. The maximum Gasteiger partial charge on any atom is 0.338 e. The molecule has 0 saturated heterocycles. The molecule has 1 aromatic rings. The number of aromatic carboxylic acids is 1. The van der Waals surface area contributed by atoms with Crippen molar-refractivity contribution in [3.63, 3.8) is 0 Å². The van der Waals surface area contributed by atoms with Gasteiger partial charge in [-0.05, 0) is 24.1 Å². The molecular formula is C14H22N2O2. The highest BCUT2D eigenvalue weighted by Crippen LogP contribution is 2.20. The highest BCUT2D eigenvalue weighted by molar-refractivity contribution is 5.95. The van der Waals surface area contributed by atoms with Gasteiger partial charge in [0.05, 0.1) is 5.56 Å². The van der Waals surface area contributed by atoms with Crippen LogP contribution in [0.1, 0.15) is 36.7 Å². The number of carbonyl (C=O) groups is 1. The average molecular weight is 250 g/mol. The van der Waals surface area contributed by atoms with Crippen LogP contribution in [-0.2, 0) is 6.54 Å². The van der Waals surface area contributed by atoms with Gasteiger partial charge in [-0.3, -0.25) is 0 Å². The molecule has 0 aliphatic carbocycles. The van der Waals surface area contributed by atoms with E-state index < -0.39 is 5.97 Å². The normalized spacial score (nSPS) is 11.8. The Morgan fingerprint density at radius 3 is 2.50 bits per heavy atom. The Kier molecular flexibility index (Phi) is 4.35. The molecule has 0 spiro atoms. The Morgan fingerprint density at radius 1 is 1.39 bits per heavy atom. The maximum atomic E-state index is 11.2. The van der Waals surface area contributed by atoms with Gasteiger partial charge in [-0.15, -0.1) is 0 Å². The van der Waals surface area contributed by atoms with Crippen LogP contribution in [0.4, 0.5) is 5.69 Å². The number of carboxylic acid groups (broad SMARTS) is 1. The van der Waals surface area contributed by atoms with Gasteiger partial charge in [0.15, 0.2) is 0 Å². The van der Waals surface area contributed by atoms with Gasteiger partial charge in [0.25, 0.3) is 0 Å². The lowest BCUT2D eigenvalue weighted by molar-refractivity contribution is 0.0695. The molecule has 0 unspecified atom stereocenters. The fourth-order valence-electron chi connectivity index (χ4n) is 2.17. The molecule has 0 bridgehead atoms. The van der Waals surface area contributed by atoms with E-state index in [1.807, 2.05) is 13.1 Å². The van der Waals surface area contributed by atoms with E-state index in [0.717, 1.165) is 12.1 Å². The average Bonchev–Trinajstić information content (AvgIpc) is 2.13. The first-order valence-corrected chi connectivity index (χ1v) is 6.00. The van der Waals surface area contributed by atoms with Crippen LogP contribution >= 0.6 is 0 Å². The molecule has 4 heteroatoms. The van der Waals surface area contributed by atoms with Crippen molar-refractivity contribution >= 4 is 11.7 Å². The van der Waals surface area contributed by atoms with E-state index in [2.05, 4.69) is 25.7 Å². The second kappa shape index (κ2) is 5.40. The van der Waals surface area contributed by atoms with Crippen molar-refractivity contribution in [3.8, 4) is 0 Å². The first kappa shape index (κ1) is 14.5. The summed E-state index contributed by atoms with van der Waals surface area (Å²) in [5, 5.41) is 9.19. The molecule has 0 aromatic heterocycles. The Hall–Kier alpha value is -1.55. The third kappa shape index (κ3) is 4.04. The molecule has 3 N–H and O–H groups in total. The predicted octanol–water partition coefficient (Wildman–Crippen LogP) is 2.44. The lowest BCUT2D eigenvalue weighted by Gasteiger charge is -2.27. The summed E-state index contributed by atoms with van der Waals surface area (Å²) in [6, 6.07) is 5.23. The summed E-state index contributed by atoms with van der Waals surface area (Å²) in [5.74, 6) is -0.966. The zero-order valence-corrected chi connectivity index (χ0v) is 11.5. The Balaban J connectivity index is 2.91. The molecular weight excluding hydrogens is 228 g/mol. The molecule has 0 saturated carbocycles. The number of hydrogen-bond acceptors (Lipinski definition) is 3. The zero-order valence-electron chi connectivity index (χ0n) is 11.5. The third-order valence-electron chi connectivity index (χ3n) is 2.58. The van der Waals surface area contributed by atoms with Crippen LogP contribution in [0.2, 0.25) is 0 Å². The summed E-state index contributed by atoms with van der Waals surface area (Å²) in [4.78, 5) is 13.3. The first-order chi connectivity index (χ1) is 8.20. The number of carboxylic acids is 1. The summed E-state index contributed by atoms with van der Waals surface area (Å²) >= 11 is 0. The zero-order chi connectivity index (χ0) is 13.9. The quantitative estimate of drug-likeness (QED) is 0.805. The van der Waals surface area contributed by atoms with Crippen LogP contribution in [0, 0.1) is 5.41 Å². The lowest BCUT2D eigenvalue weighted by Crippen LogP contribution is -2.29. The van der Waals surface area contributed by atoms with Crippen LogP contribution in [0.5, 0.6) is 0 Å². The van der Waals surface area contributed by atoms with Gasteiger partial charge in [-0.1, -0.05) is 32.9 Å². The van der Waals surface area contributed by atoms with Crippen LogP contribution in [0.3, 0.4) is 0 Å². The van der Waals surface area contributed by atoms with Gasteiger partial charge in [-0.2, -0.15) is 0 Å². The lowest BCUT2D eigenvalue weighted by atomic mass is 9.95. The second-order valence-corrected chi connectivity index (χ2v) is 5.92. The number of nitrogens with two attached hydrogens (primary N) is 1. The summed E-state index contributed by atoms with van der Waals surface area (Å²) in [6.45, 7) is 7.94. The molecule has 0 amide bonds. The van der Waals surface area contributed by atoms with Crippen molar-refractivity contribution in [1.29, 1.82) is 0 Å². The summed E-state index contributed by atoms with van der Waals surface area (Å²) < 4.78 is 0. The molecule has 1 rings (SSSR count). The highest BCUT2D eigenvalue weighted by atomic mass is 16.4. The van der Waals surface area contributed by atoms with Crippen LogP contribution in [0.15, 0.2) is 18.2 Å². The van der Waals surface area contributed by atoms with E-state index in [1.54, 1.807) is 12.1 Å². The number of benzene rings is 1. The van der Waals surface area contributed by atoms with Crippen molar-refractivity contribution < 1.29 is 9.90 Å². The number of anilines is 1. The van der Waals surface area contributed by atoms with E-state index in [1.165, 1.54) is 0 Å². The molecule has 0 aliphatic heterocycles. The topological polar surface area (TPSA) is 66.6 Å². The smallest absolute Gasteiger partial charge is 0.338 e. The molecule has 0 heterocycles. The Bertz CT molecular complexity index is 436. The molecule has 1 aromatic carbocycles. The monoisotopic (exact) mass is 250 g/mol. The minimum atomic E-state index is -0.966. The Morgan fingerprint density at radius 2 is 2.00 bits per heavy atom. The molecule has 0 atom stereocenters. The van der Waals surface area contributed by atoms with Gasteiger partial charge >= 0.3 is 5.97 Å². The van der Waals surface area contributed by atoms with Crippen molar-refractivity contribution in [2.45, 2.75) is 27.3 Å². The summed E-state index contributed by atoms with van der Waals surface area (Å²) in [7, 11) is 1.99.